The van der Waals surface area contributed by atoms with E-state index in [1.54, 1.807) is 11.9 Å². The number of fused-ring (bicyclic) bond motifs is 1. The summed E-state index contributed by atoms with van der Waals surface area (Å²) in [5, 5.41) is 0. The van der Waals surface area contributed by atoms with E-state index in [-0.39, 0.29) is 5.91 Å². The molecule has 4 heteroatoms. The first-order chi connectivity index (χ1) is 7.24. The summed E-state index contributed by atoms with van der Waals surface area (Å²) in [5.41, 5.74) is 7.28. The Kier molecular flexibility index (Phi) is 2.60. The molecule has 2 N–H and O–H groups in total. The Morgan fingerprint density at radius 1 is 1.53 bits per heavy atom. The normalized spacial score (nSPS) is 14.3. The fourth-order valence-corrected chi connectivity index (χ4v) is 1.75. The van der Waals surface area contributed by atoms with Gasteiger partial charge in [-0.15, -0.1) is 0 Å². The molecule has 1 aliphatic rings. The Hall–Kier alpha value is -1.55. The van der Waals surface area contributed by atoms with Crippen molar-refractivity contribution in [1.29, 1.82) is 0 Å². The standard InChI is InChI=1S/C11H14N2O2/c1-13-9-3-2-4-10(15-6-5-12)8(9)7-11(13)14/h2-4H,5-7,12H2,1H3. The molecule has 1 heterocycles. The molecule has 0 atom stereocenters. The summed E-state index contributed by atoms with van der Waals surface area (Å²) in [6.45, 7) is 0.960. The number of carbonyl (C=O) groups is 1. The quantitative estimate of drug-likeness (QED) is 0.785. The number of benzene rings is 1. The second-order valence-corrected chi connectivity index (χ2v) is 3.52. The molecule has 0 saturated heterocycles. The zero-order valence-corrected chi connectivity index (χ0v) is 8.69. The number of ether oxygens (including phenoxy) is 1. The van der Waals surface area contributed by atoms with E-state index in [9.17, 15) is 4.79 Å². The number of rotatable bonds is 3. The average Bonchev–Trinajstić information content (AvgIpc) is 2.53. The van der Waals surface area contributed by atoms with Crippen LogP contribution >= 0.6 is 0 Å². The highest BCUT2D eigenvalue weighted by molar-refractivity contribution is 6.01. The maximum atomic E-state index is 11.5. The summed E-state index contributed by atoms with van der Waals surface area (Å²) < 4.78 is 5.49. The molecule has 0 spiro atoms. The van der Waals surface area contributed by atoms with E-state index in [0.717, 1.165) is 17.0 Å². The summed E-state index contributed by atoms with van der Waals surface area (Å²) in [4.78, 5) is 13.2. The van der Waals surface area contributed by atoms with Gasteiger partial charge >= 0.3 is 0 Å². The number of hydrogen-bond acceptors (Lipinski definition) is 3. The van der Waals surface area contributed by atoms with Crippen molar-refractivity contribution >= 4 is 11.6 Å². The van der Waals surface area contributed by atoms with Gasteiger partial charge < -0.3 is 15.4 Å². The molecule has 0 bridgehead atoms. The lowest BCUT2D eigenvalue weighted by Crippen LogP contribution is -2.20. The van der Waals surface area contributed by atoms with Crippen LogP contribution in [0.2, 0.25) is 0 Å². The van der Waals surface area contributed by atoms with Crippen molar-refractivity contribution in [3.8, 4) is 5.75 Å². The third kappa shape index (κ3) is 1.68. The van der Waals surface area contributed by atoms with Crippen molar-refractivity contribution in [2.24, 2.45) is 5.73 Å². The molecule has 15 heavy (non-hydrogen) atoms. The minimum atomic E-state index is 0.105. The summed E-state index contributed by atoms with van der Waals surface area (Å²) in [6.07, 6.45) is 0.423. The summed E-state index contributed by atoms with van der Waals surface area (Å²) in [7, 11) is 1.78. The molecule has 0 unspecified atom stereocenters. The lowest BCUT2D eigenvalue weighted by Gasteiger charge is -2.11. The summed E-state index contributed by atoms with van der Waals surface area (Å²) in [6, 6.07) is 5.69. The topological polar surface area (TPSA) is 55.6 Å². The number of carbonyl (C=O) groups excluding carboxylic acids is 1. The van der Waals surface area contributed by atoms with Crippen LogP contribution in [-0.2, 0) is 11.2 Å². The van der Waals surface area contributed by atoms with Crippen LogP contribution in [0.3, 0.4) is 0 Å². The molecule has 2 rings (SSSR count). The maximum Gasteiger partial charge on any atom is 0.231 e. The molecule has 80 valence electrons. The second kappa shape index (κ2) is 3.90. The van der Waals surface area contributed by atoms with Crippen LogP contribution in [-0.4, -0.2) is 26.1 Å². The van der Waals surface area contributed by atoms with E-state index >= 15 is 0 Å². The van der Waals surface area contributed by atoms with Gasteiger partial charge in [0.15, 0.2) is 0 Å². The first-order valence-corrected chi connectivity index (χ1v) is 4.95. The van der Waals surface area contributed by atoms with Crippen LogP contribution in [0.1, 0.15) is 5.56 Å². The zero-order valence-electron chi connectivity index (χ0n) is 8.69. The van der Waals surface area contributed by atoms with E-state index in [4.69, 9.17) is 10.5 Å². The van der Waals surface area contributed by atoms with E-state index < -0.39 is 0 Å². The molecule has 0 radical (unpaired) electrons. The number of likely N-dealkylation sites (N-methyl/N-ethyl adjacent to an activating group) is 1. The fraction of sp³-hybridized carbons (Fsp3) is 0.364. The molecular formula is C11H14N2O2. The molecule has 0 saturated carbocycles. The van der Waals surface area contributed by atoms with Crippen LogP contribution in [0.15, 0.2) is 18.2 Å². The van der Waals surface area contributed by atoms with Crippen molar-refractivity contribution in [1.82, 2.24) is 0 Å². The van der Waals surface area contributed by atoms with Crippen molar-refractivity contribution in [3.05, 3.63) is 23.8 Å². The third-order valence-electron chi connectivity index (χ3n) is 2.55. The highest BCUT2D eigenvalue weighted by atomic mass is 16.5. The van der Waals surface area contributed by atoms with Gasteiger partial charge in [-0.25, -0.2) is 0 Å². The molecule has 1 amide bonds. The van der Waals surface area contributed by atoms with Crippen LogP contribution in [0, 0.1) is 0 Å². The molecule has 1 aromatic rings. The summed E-state index contributed by atoms with van der Waals surface area (Å²) >= 11 is 0. The average molecular weight is 206 g/mol. The highest BCUT2D eigenvalue weighted by Gasteiger charge is 2.26. The van der Waals surface area contributed by atoms with E-state index in [2.05, 4.69) is 0 Å². The first kappa shape index (κ1) is 9.98. The highest BCUT2D eigenvalue weighted by Crippen LogP contribution is 2.34. The predicted molar refractivity (Wildman–Crippen MR) is 58.1 cm³/mol. The SMILES string of the molecule is CN1C(=O)Cc2c(OCCN)cccc21. The van der Waals surface area contributed by atoms with Crippen LogP contribution in [0.4, 0.5) is 5.69 Å². The van der Waals surface area contributed by atoms with Gasteiger partial charge in [0.25, 0.3) is 0 Å². The molecule has 1 aromatic carbocycles. The van der Waals surface area contributed by atoms with Gasteiger partial charge in [-0.3, -0.25) is 4.79 Å². The van der Waals surface area contributed by atoms with Crippen LogP contribution in [0.5, 0.6) is 5.75 Å². The Morgan fingerprint density at radius 2 is 2.33 bits per heavy atom. The number of hydrogen-bond donors (Lipinski definition) is 1. The van der Waals surface area contributed by atoms with Gasteiger partial charge in [0.2, 0.25) is 5.91 Å². The third-order valence-corrected chi connectivity index (χ3v) is 2.55. The monoisotopic (exact) mass is 206 g/mol. The fourth-order valence-electron chi connectivity index (χ4n) is 1.75. The van der Waals surface area contributed by atoms with Gasteiger partial charge in [-0.05, 0) is 12.1 Å². The number of nitrogens with two attached hydrogens (primary N) is 1. The Labute approximate surface area is 88.6 Å². The number of anilines is 1. The first-order valence-electron chi connectivity index (χ1n) is 4.95. The van der Waals surface area contributed by atoms with Crippen molar-refractivity contribution in [2.45, 2.75) is 6.42 Å². The van der Waals surface area contributed by atoms with Gasteiger partial charge in [0.05, 0.1) is 12.1 Å². The number of nitrogens with zero attached hydrogens (tertiary/aromatic N) is 1. The minimum Gasteiger partial charge on any atom is -0.492 e. The minimum absolute atomic E-state index is 0.105. The molecule has 4 nitrogen and oxygen atoms in total. The lowest BCUT2D eigenvalue weighted by molar-refractivity contribution is -0.117. The lowest BCUT2D eigenvalue weighted by atomic mass is 10.1. The molecule has 0 aromatic heterocycles. The molecular weight excluding hydrogens is 192 g/mol. The predicted octanol–water partition coefficient (Wildman–Crippen LogP) is 0.543. The number of amides is 1. The van der Waals surface area contributed by atoms with Gasteiger partial charge in [0.1, 0.15) is 12.4 Å². The van der Waals surface area contributed by atoms with Gasteiger partial charge in [-0.1, -0.05) is 6.07 Å². The van der Waals surface area contributed by atoms with Crippen LogP contribution in [0.25, 0.3) is 0 Å². The van der Waals surface area contributed by atoms with E-state index in [1.165, 1.54) is 0 Å². The van der Waals surface area contributed by atoms with Gasteiger partial charge in [0, 0.05) is 19.2 Å². The van der Waals surface area contributed by atoms with E-state index in [1.807, 2.05) is 18.2 Å². The van der Waals surface area contributed by atoms with Crippen molar-refractivity contribution < 1.29 is 9.53 Å². The Balaban J connectivity index is 2.32. The Bertz CT molecular complexity index is 390. The largest absolute Gasteiger partial charge is 0.492 e. The Morgan fingerprint density at radius 3 is 3.07 bits per heavy atom. The van der Waals surface area contributed by atoms with Crippen LogP contribution < -0.4 is 15.4 Å². The smallest absolute Gasteiger partial charge is 0.231 e. The molecule has 0 aliphatic carbocycles. The molecule has 1 aliphatic heterocycles. The van der Waals surface area contributed by atoms with E-state index in [0.29, 0.717) is 19.6 Å². The van der Waals surface area contributed by atoms with Gasteiger partial charge in [-0.2, -0.15) is 0 Å². The van der Waals surface area contributed by atoms with Crippen molar-refractivity contribution in [3.63, 3.8) is 0 Å². The summed E-state index contributed by atoms with van der Waals surface area (Å²) in [5.74, 6) is 0.879. The maximum absolute atomic E-state index is 11.5. The van der Waals surface area contributed by atoms with Crippen molar-refractivity contribution in [2.75, 3.05) is 25.1 Å². The zero-order chi connectivity index (χ0) is 10.8. The molecule has 0 fully saturated rings. The second-order valence-electron chi connectivity index (χ2n) is 3.52.